The van der Waals surface area contributed by atoms with E-state index in [0.717, 1.165) is 0 Å². The maximum absolute atomic E-state index is 13.0. The summed E-state index contributed by atoms with van der Waals surface area (Å²) in [5.41, 5.74) is 0.585. The van der Waals surface area contributed by atoms with E-state index in [2.05, 4.69) is 10.6 Å². The summed E-state index contributed by atoms with van der Waals surface area (Å²) in [6, 6.07) is 2.99. The average molecular weight is 396 g/mol. The van der Waals surface area contributed by atoms with E-state index in [1.165, 1.54) is 38.1 Å². The Balaban J connectivity index is 2.86. The van der Waals surface area contributed by atoms with Crippen molar-refractivity contribution in [1.82, 2.24) is 10.6 Å². The minimum absolute atomic E-state index is 0.0471. The van der Waals surface area contributed by atoms with Gasteiger partial charge in [0.1, 0.15) is 17.9 Å². The van der Waals surface area contributed by atoms with Crippen molar-refractivity contribution >= 4 is 23.8 Å². The number of amides is 2. The molecule has 0 aliphatic carbocycles. The Kier molecular flexibility index (Phi) is 9.07. The molecule has 154 valence electrons. The predicted molar refractivity (Wildman–Crippen MR) is 97.7 cm³/mol. The van der Waals surface area contributed by atoms with Crippen LogP contribution in [0.3, 0.4) is 0 Å². The van der Waals surface area contributed by atoms with Gasteiger partial charge in [0.25, 0.3) is 0 Å². The first kappa shape index (κ1) is 23.1. The van der Waals surface area contributed by atoms with E-state index in [0.29, 0.717) is 5.56 Å². The Hall–Kier alpha value is -2.97. The lowest BCUT2D eigenvalue weighted by atomic mass is 10.0. The van der Waals surface area contributed by atoms with Crippen LogP contribution in [0.1, 0.15) is 32.8 Å². The summed E-state index contributed by atoms with van der Waals surface area (Å²) >= 11 is 0. The van der Waals surface area contributed by atoms with Crippen LogP contribution in [0.15, 0.2) is 24.3 Å². The van der Waals surface area contributed by atoms with E-state index in [1.807, 2.05) is 0 Å². The number of hydrogen-bond acceptors (Lipinski definition) is 5. The van der Waals surface area contributed by atoms with Crippen LogP contribution < -0.4 is 10.6 Å². The van der Waals surface area contributed by atoms with Crippen molar-refractivity contribution in [2.75, 3.05) is 6.61 Å². The predicted octanol–water partition coefficient (Wildman–Crippen LogP) is 1.03. The van der Waals surface area contributed by atoms with Crippen LogP contribution in [-0.4, -0.2) is 47.6 Å². The molecule has 8 nitrogen and oxygen atoms in total. The van der Waals surface area contributed by atoms with Gasteiger partial charge in [0.05, 0.1) is 12.5 Å². The number of nitrogens with one attached hydrogen (secondary N) is 2. The highest BCUT2D eigenvalue weighted by atomic mass is 19.1. The Morgan fingerprint density at radius 3 is 2.21 bits per heavy atom. The molecule has 0 aliphatic heterocycles. The highest BCUT2D eigenvalue weighted by molar-refractivity contribution is 5.90. The van der Waals surface area contributed by atoms with Crippen LogP contribution in [0.4, 0.5) is 4.39 Å². The van der Waals surface area contributed by atoms with Crippen LogP contribution in [-0.2, 0) is 30.3 Å². The van der Waals surface area contributed by atoms with Crippen LogP contribution in [0.2, 0.25) is 0 Å². The van der Waals surface area contributed by atoms with E-state index in [-0.39, 0.29) is 19.4 Å². The fourth-order valence-electron chi connectivity index (χ4n) is 2.54. The Bertz CT molecular complexity index is 707. The van der Waals surface area contributed by atoms with E-state index < -0.39 is 47.6 Å². The number of benzene rings is 1. The number of carbonyl (C=O) groups is 4. The molecule has 9 heteroatoms. The van der Waals surface area contributed by atoms with Gasteiger partial charge >= 0.3 is 11.9 Å². The number of carboxylic acids is 1. The van der Waals surface area contributed by atoms with Crippen molar-refractivity contribution in [1.29, 1.82) is 0 Å². The molecular weight excluding hydrogens is 371 g/mol. The largest absolute Gasteiger partial charge is 0.480 e. The lowest BCUT2D eigenvalue weighted by Gasteiger charge is -2.22. The number of halogens is 1. The molecule has 3 N–H and O–H groups in total. The third-order valence-corrected chi connectivity index (χ3v) is 3.94. The molecule has 0 aromatic heterocycles. The van der Waals surface area contributed by atoms with E-state index >= 15 is 0 Å². The molecule has 0 fully saturated rings. The summed E-state index contributed by atoms with van der Waals surface area (Å²) < 4.78 is 17.9. The molecule has 0 bridgehead atoms. The van der Waals surface area contributed by atoms with Gasteiger partial charge in [-0.1, -0.05) is 19.1 Å². The molecule has 28 heavy (non-hydrogen) atoms. The smallest absolute Gasteiger partial charge is 0.326 e. The van der Waals surface area contributed by atoms with Crippen LogP contribution >= 0.6 is 0 Å². The van der Waals surface area contributed by atoms with Gasteiger partial charge in [-0.15, -0.1) is 0 Å². The maximum Gasteiger partial charge on any atom is 0.326 e. The normalized spacial score (nSPS) is 13.7. The van der Waals surface area contributed by atoms with Crippen molar-refractivity contribution in [2.45, 2.75) is 45.7 Å². The number of ether oxygens (including phenoxy) is 1. The molecule has 0 spiro atoms. The minimum Gasteiger partial charge on any atom is -0.480 e. The third-order valence-electron chi connectivity index (χ3n) is 3.94. The summed E-state index contributed by atoms with van der Waals surface area (Å²) in [7, 11) is 0. The first-order chi connectivity index (χ1) is 13.1. The molecular formula is C19H25FN2O6. The maximum atomic E-state index is 13.0. The molecule has 0 heterocycles. The molecule has 0 saturated carbocycles. The van der Waals surface area contributed by atoms with Gasteiger partial charge in [-0.3, -0.25) is 14.4 Å². The average Bonchev–Trinajstić information content (AvgIpc) is 2.61. The van der Waals surface area contributed by atoms with Gasteiger partial charge in [0.15, 0.2) is 0 Å². The highest BCUT2D eigenvalue weighted by Gasteiger charge is 2.29. The zero-order valence-corrected chi connectivity index (χ0v) is 16.0. The zero-order valence-electron chi connectivity index (χ0n) is 16.0. The first-order valence-electron chi connectivity index (χ1n) is 8.85. The monoisotopic (exact) mass is 396 g/mol. The van der Waals surface area contributed by atoms with E-state index in [1.54, 1.807) is 6.92 Å². The second kappa shape index (κ2) is 11.0. The Morgan fingerprint density at radius 2 is 1.71 bits per heavy atom. The van der Waals surface area contributed by atoms with E-state index in [4.69, 9.17) is 4.74 Å². The van der Waals surface area contributed by atoms with Gasteiger partial charge in [-0.05, 0) is 31.0 Å². The third kappa shape index (κ3) is 7.73. The zero-order chi connectivity index (χ0) is 21.3. The number of carbonyl (C=O) groups excluding carboxylic acids is 3. The standard InChI is InChI=1S/C19H25FN2O6/c1-4-28-19(27)11(2)9-16(18(25)26)22-17(24)15(21-12(3)23)10-13-5-7-14(20)8-6-13/h5-8,11,15-16H,4,9-10H2,1-3H3,(H,21,23)(H,22,24)(H,25,26)/t11-,15-,16+/m0/s1. The van der Waals surface area contributed by atoms with Crippen molar-refractivity contribution in [3.8, 4) is 0 Å². The summed E-state index contributed by atoms with van der Waals surface area (Å²) in [6.45, 7) is 4.52. The second-order valence-electron chi connectivity index (χ2n) is 6.37. The molecule has 1 rings (SSSR count). The SMILES string of the molecule is CCOC(=O)[C@@H](C)C[C@@H](NC(=O)[C@H](Cc1ccc(F)cc1)NC(C)=O)C(=O)O. The lowest BCUT2D eigenvalue weighted by Crippen LogP contribution is -2.52. The topological polar surface area (TPSA) is 122 Å². The van der Waals surface area contributed by atoms with Crippen LogP contribution in [0.5, 0.6) is 0 Å². The van der Waals surface area contributed by atoms with Gasteiger partial charge in [-0.25, -0.2) is 9.18 Å². The highest BCUT2D eigenvalue weighted by Crippen LogP contribution is 2.11. The Labute approximate surface area is 162 Å². The second-order valence-corrected chi connectivity index (χ2v) is 6.37. The molecule has 0 saturated heterocycles. The minimum atomic E-state index is -1.34. The molecule has 2 amide bonds. The summed E-state index contributed by atoms with van der Waals surface area (Å²) in [4.78, 5) is 47.2. The number of carboxylic acid groups (broad SMARTS) is 1. The summed E-state index contributed by atoms with van der Waals surface area (Å²) in [5, 5.41) is 14.2. The van der Waals surface area contributed by atoms with Crippen molar-refractivity contribution < 1.29 is 33.4 Å². The van der Waals surface area contributed by atoms with Crippen LogP contribution in [0.25, 0.3) is 0 Å². The molecule has 0 unspecified atom stereocenters. The molecule has 0 radical (unpaired) electrons. The van der Waals surface area contributed by atoms with Gasteiger partial charge < -0.3 is 20.5 Å². The molecule has 3 atom stereocenters. The van der Waals surface area contributed by atoms with Crippen LogP contribution in [0, 0.1) is 11.7 Å². The Morgan fingerprint density at radius 1 is 1.11 bits per heavy atom. The molecule has 1 aromatic carbocycles. The van der Waals surface area contributed by atoms with Crippen molar-refractivity contribution in [2.24, 2.45) is 5.92 Å². The fourth-order valence-corrected chi connectivity index (χ4v) is 2.54. The number of esters is 1. The number of aliphatic carboxylic acids is 1. The van der Waals surface area contributed by atoms with Gasteiger partial charge in [0.2, 0.25) is 11.8 Å². The van der Waals surface area contributed by atoms with E-state index in [9.17, 15) is 28.7 Å². The molecule has 0 aliphatic rings. The van der Waals surface area contributed by atoms with Gasteiger partial charge in [-0.2, -0.15) is 0 Å². The number of hydrogen-bond donors (Lipinski definition) is 3. The first-order valence-corrected chi connectivity index (χ1v) is 8.85. The fraction of sp³-hybridized carbons (Fsp3) is 0.474. The van der Waals surface area contributed by atoms with Crippen molar-refractivity contribution in [3.05, 3.63) is 35.6 Å². The summed E-state index contributed by atoms with van der Waals surface area (Å²) in [6.07, 6.45) is -0.116. The number of rotatable bonds is 10. The van der Waals surface area contributed by atoms with Crippen molar-refractivity contribution in [3.63, 3.8) is 0 Å². The lowest BCUT2D eigenvalue weighted by molar-refractivity contribution is -0.149. The quantitative estimate of drug-likeness (QED) is 0.508. The summed E-state index contributed by atoms with van der Waals surface area (Å²) in [5.74, 6) is -4.25. The van der Waals surface area contributed by atoms with Gasteiger partial charge in [0, 0.05) is 13.3 Å². The molecule has 1 aromatic rings.